The van der Waals surface area contributed by atoms with Gasteiger partial charge in [0, 0.05) is 0 Å². The molecule has 0 radical (unpaired) electrons. The number of carbonyl (C=O) groups is 1. The van der Waals surface area contributed by atoms with Crippen LogP contribution < -0.4 is 16.0 Å². The van der Waals surface area contributed by atoms with Crippen molar-refractivity contribution >= 4 is 5.91 Å². The Balaban J connectivity index is 1.92. The quantitative estimate of drug-likeness (QED) is 0.443. The van der Waals surface area contributed by atoms with E-state index in [-0.39, 0.29) is 5.69 Å². The van der Waals surface area contributed by atoms with Crippen LogP contribution >= 0.6 is 0 Å². The second kappa shape index (κ2) is 6.31. The molecule has 1 aromatic heterocycles. The molecule has 0 aliphatic carbocycles. The van der Waals surface area contributed by atoms with Crippen LogP contribution in [0.4, 0.5) is 0 Å². The van der Waals surface area contributed by atoms with Crippen molar-refractivity contribution < 1.29 is 9.53 Å². The van der Waals surface area contributed by atoms with Crippen molar-refractivity contribution in [1.29, 1.82) is 5.26 Å². The number of ether oxygens (including phenoxy) is 1. The molecule has 2 aromatic rings. The van der Waals surface area contributed by atoms with Gasteiger partial charge in [-0.1, -0.05) is 17.3 Å². The molecule has 1 amide bonds. The highest BCUT2D eigenvalue weighted by molar-refractivity contribution is 5.91. The molecule has 0 aliphatic heterocycles. The lowest BCUT2D eigenvalue weighted by molar-refractivity contribution is 0.0948. The molecule has 2 rings (SSSR count). The number of benzene rings is 1. The molecule has 8 heteroatoms. The zero-order valence-corrected chi connectivity index (χ0v) is 10.5. The van der Waals surface area contributed by atoms with E-state index in [4.69, 9.17) is 15.8 Å². The molecule has 1 aromatic carbocycles. The van der Waals surface area contributed by atoms with Gasteiger partial charge in [-0.3, -0.25) is 10.2 Å². The number of carbonyl (C=O) groups excluding carboxylic acids is 1. The van der Waals surface area contributed by atoms with E-state index in [2.05, 4.69) is 10.3 Å². The van der Waals surface area contributed by atoms with Crippen LogP contribution in [0.2, 0.25) is 0 Å². The number of nitrogens with two attached hydrogens (primary N) is 1. The second-order valence-corrected chi connectivity index (χ2v) is 3.80. The number of nitrogen functional groups attached to an aromatic ring is 1. The van der Waals surface area contributed by atoms with Crippen molar-refractivity contribution in [2.24, 2.45) is 5.84 Å². The minimum atomic E-state index is -0.507. The number of hydrogen-bond acceptors (Lipinski definition) is 6. The van der Waals surface area contributed by atoms with Gasteiger partial charge in [0.1, 0.15) is 18.4 Å². The largest absolute Gasteiger partial charge is 0.490 e. The normalized spacial score (nSPS) is 9.80. The summed E-state index contributed by atoms with van der Waals surface area (Å²) in [4.78, 5) is 11.2. The molecule has 0 saturated carbocycles. The predicted octanol–water partition coefficient (Wildman–Crippen LogP) is -0.168. The molecule has 20 heavy (non-hydrogen) atoms. The standard InChI is InChI=1S/C12H12N6O2/c13-7-9-3-1-2-4-11(9)20-6-5-18-8-10(16-17-18)12(19)15-14/h1-4,8H,5-6,14H2,(H,15,19). The van der Waals surface area contributed by atoms with Crippen LogP contribution in [0, 0.1) is 11.3 Å². The fourth-order valence-electron chi connectivity index (χ4n) is 1.52. The molecule has 102 valence electrons. The zero-order valence-electron chi connectivity index (χ0n) is 10.5. The van der Waals surface area contributed by atoms with Crippen LogP contribution in [0.15, 0.2) is 30.5 Å². The van der Waals surface area contributed by atoms with Gasteiger partial charge in [0.2, 0.25) is 0 Å². The van der Waals surface area contributed by atoms with Crippen LogP contribution in [0.3, 0.4) is 0 Å². The molecule has 0 bridgehead atoms. The lowest BCUT2D eigenvalue weighted by atomic mass is 10.2. The average molecular weight is 272 g/mol. The van der Waals surface area contributed by atoms with Gasteiger partial charge in [-0.15, -0.1) is 5.10 Å². The Hall–Kier alpha value is -2.92. The SMILES string of the molecule is N#Cc1ccccc1OCCn1cc(C(=O)NN)nn1. The Bertz CT molecular complexity index is 645. The van der Waals surface area contributed by atoms with E-state index in [0.717, 1.165) is 0 Å². The van der Waals surface area contributed by atoms with Crippen LogP contribution in [0.1, 0.15) is 16.1 Å². The van der Waals surface area contributed by atoms with Crippen molar-refractivity contribution in [3.63, 3.8) is 0 Å². The molecule has 0 spiro atoms. The number of nitriles is 1. The number of aromatic nitrogens is 3. The molecule has 8 nitrogen and oxygen atoms in total. The highest BCUT2D eigenvalue weighted by Crippen LogP contribution is 2.16. The molecule has 0 unspecified atom stereocenters. The highest BCUT2D eigenvalue weighted by atomic mass is 16.5. The summed E-state index contributed by atoms with van der Waals surface area (Å²) in [6, 6.07) is 8.99. The predicted molar refractivity (Wildman–Crippen MR) is 68.3 cm³/mol. The second-order valence-electron chi connectivity index (χ2n) is 3.80. The summed E-state index contributed by atoms with van der Waals surface area (Å²) in [5, 5.41) is 16.3. The Morgan fingerprint density at radius 3 is 3.05 bits per heavy atom. The van der Waals surface area contributed by atoms with Gasteiger partial charge in [0.15, 0.2) is 5.69 Å². The van der Waals surface area contributed by atoms with E-state index < -0.39 is 5.91 Å². The third-order valence-corrected chi connectivity index (χ3v) is 2.49. The molecule has 1 heterocycles. The van der Waals surface area contributed by atoms with Gasteiger partial charge in [0.05, 0.1) is 18.3 Å². The smallest absolute Gasteiger partial charge is 0.287 e. The van der Waals surface area contributed by atoms with Gasteiger partial charge in [-0.25, -0.2) is 10.5 Å². The lowest BCUT2D eigenvalue weighted by Gasteiger charge is -2.06. The summed E-state index contributed by atoms with van der Waals surface area (Å²) in [5.74, 6) is 4.99. The number of para-hydroxylation sites is 1. The van der Waals surface area contributed by atoms with E-state index in [0.29, 0.717) is 24.5 Å². The number of nitrogens with zero attached hydrogens (tertiary/aromatic N) is 4. The summed E-state index contributed by atoms with van der Waals surface area (Å²) < 4.78 is 6.95. The van der Waals surface area contributed by atoms with Gasteiger partial charge < -0.3 is 4.74 Å². The van der Waals surface area contributed by atoms with Crippen molar-refractivity contribution in [3.8, 4) is 11.8 Å². The number of hydrazine groups is 1. The van der Waals surface area contributed by atoms with Crippen LogP contribution in [-0.4, -0.2) is 27.5 Å². The van der Waals surface area contributed by atoms with Crippen molar-refractivity contribution in [3.05, 3.63) is 41.7 Å². The topological polar surface area (TPSA) is 119 Å². The van der Waals surface area contributed by atoms with Crippen molar-refractivity contribution in [2.45, 2.75) is 6.54 Å². The fourth-order valence-corrected chi connectivity index (χ4v) is 1.52. The monoisotopic (exact) mass is 272 g/mol. The highest BCUT2D eigenvalue weighted by Gasteiger charge is 2.08. The molecule has 0 atom stereocenters. The third kappa shape index (κ3) is 3.09. The van der Waals surface area contributed by atoms with Crippen molar-refractivity contribution in [2.75, 3.05) is 6.61 Å². The molecule has 0 fully saturated rings. The first-order chi connectivity index (χ1) is 9.74. The summed E-state index contributed by atoms with van der Waals surface area (Å²) in [6.45, 7) is 0.691. The maximum atomic E-state index is 11.2. The van der Waals surface area contributed by atoms with Crippen LogP contribution in [0.25, 0.3) is 0 Å². The Morgan fingerprint density at radius 2 is 2.30 bits per heavy atom. The Labute approximate surface area is 114 Å². The van der Waals surface area contributed by atoms with Crippen molar-refractivity contribution in [1.82, 2.24) is 20.4 Å². The van der Waals surface area contributed by atoms with Crippen LogP contribution in [0.5, 0.6) is 5.75 Å². The molecular formula is C12H12N6O2. The summed E-state index contributed by atoms with van der Waals surface area (Å²) in [7, 11) is 0. The summed E-state index contributed by atoms with van der Waals surface area (Å²) >= 11 is 0. The number of rotatable bonds is 5. The zero-order chi connectivity index (χ0) is 14.4. The molecule has 0 aliphatic rings. The summed E-state index contributed by atoms with van der Waals surface area (Å²) in [5.41, 5.74) is 2.57. The molecular weight excluding hydrogens is 260 g/mol. The third-order valence-electron chi connectivity index (χ3n) is 2.49. The first-order valence-corrected chi connectivity index (χ1v) is 5.77. The Morgan fingerprint density at radius 1 is 1.50 bits per heavy atom. The van der Waals surface area contributed by atoms with Gasteiger partial charge in [0.25, 0.3) is 5.91 Å². The number of nitrogens with one attached hydrogen (secondary N) is 1. The van der Waals surface area contributed by atoms with E-state index in [1.807, 2.05) is 11.5 Å². The average Bonchev–Trinajstić information content (AvgIpc) is 2.96. The molecule has 3 N–H and O–H groups in total. The van der Waals surface area contributed by atoms with E-state index in [1.54, 1.807) is 24.3 Å². The van der Waals surface area contributed by atoms with E-state index >= 15 is 0 Å². The van der Waals surface area contributed by atoms with Gasteiger partial charge in [-0.05, 0) is 12.1 Å². The van der Waals surface area contributed by atoms with E-state index in [9.17, 15) is 4.79 Å². The first-order valence-electron chi connectivity index (χ1n) is 5.77. The Kier molecular flexibility index (Phi) is 4.26. The lowest BCUT2D eigenvalue weighted by Crippen LogP contribution is -2.30. The van der Waals surface area contributed by atoms with Gasteiger partial charge >= 0.3 is 0 Å². The minimum Gasteiger partial charge on any atom is -0.490 e. The minimum absolute atomic E-state index is 0.130. The number of hydrogen-bond donors (Lipinski definition) is 2. The maximum Gasteiger partial charge on any atom is 0.287 e. The first kappa shape index (κ1) is 13.5. The molecule has 0 saturated heterocycles. The number of amides is 1. The van der Waals surface area contributed by atoms with Gasteiger partial charge in [-0.2, -0.15) is 5.26 Å². The van der Waals surface area contributed by atoms with Crippen LogP contribution in [-0.2, 0) is 6.54 Å². The summed E-state index contributed by atoms with van der Waals surface area (Å²) in [6.07, 6.45) is 1.46. The maximum absolute atomic E-state index is 11.2. The fraction of sp³-hybridized carbons (Fsp3) is 0.167. The van der Waals surface area contributed by atoms with E-state index in [1.165, 1.54) is 10.9 Å².